The van der Waals surface area contributed by atoms with Gasteiger partial charge in [-0.2, -0.15) is 10.1 Å². The molecule has 7 heteroatoms. The highest BCUT2D eigenvalue weighted by molar-refractivity contribution is 5.28. The van der Waals surface area contributed by atoms with Gasteiger partial charge in [0.15, 0.2) is 5.82 Å². The van der Waals surface area contributed by atoms with Crippen molar-refractivity contribution in [2.45, 2.75) is 45.3 Å². The minimum Gasteiger partial charge on any atom is -0.371 e. The second kappa shape index (κ2) is 5.48. The molecule has 1 aliphatic heterocycles. The highest BCUT2D eigenvalue weighted by Gasteiger charge is 2.33. The first kappa shape index (κ1) is 14.1. The van der Waals surface area contributed by atoms with E-state index in [1.165, 1.54) is 0 Å². The Kier molecular flexibility index (Phi) is 3.67. The molecule has 114 valence electrons. The van der Waals surface area contributed by atoms with Gasteiger partial charge >= 0.3 is 6.01 Å². The summed E-state index contributed by atoms with van der Waals surface area (Å²) in [6.07, 6.45) is 2.74. The Morgan fingerprint density at radius 2 is 2.24 bits per heavy atom. The van der Waals surface area contributed by atoms with Crippen molar-refractivity contribution in [1.82, 2.24) is 19.9 Å². The molecule has 1 aliphatic rings. The molecule has 0 aromatic carbocycles. The SMILES string of the molecule is Cc1c([C@H]2OCC[C@@H]2Nc2nc(C(C)C)no2)cnn1C. The van der Waals surface area contributed by atoms with Crippen LogP contribution in [0.15, 0.2) is 10.7 Å². The van der Waals surface area contributed by atoms with Crippen LogP contribution in [0.25, 0.3) is 0 Å². The van der Waals surface area contributed by atoms with Gasteiger partial charge in [0.1, 0.15) is 6.10 Å². The third-order valence-corrected chi connectivity index (χ3v) is 3.94. The largest absolute Gasteiger partial charge is 0.371 e. The summed E-state index contributed by atoms with van der Waals surface area (Å²) < 4.78 is 13.0. The van der Waals surface area contributed by atoms with Gasteiger partial charge in [0, 0.05) is 30.8 Å². The summed E-state index contributed by atoms with van der Waals surface area (Å²) in [7, 11) is 1.93. The molecule has 7 nitrogen and oxygen atoms in total. The zero-order chi connectivity index (χ0) is 15.0. The lowest BCUT2D eigenvalue weighted by atomic mass is 10.0. The summed E-state index contributed by atoms with van der Waals surface area (Å²) in [6.45, 7) is 6.83. The fourth-order valence-electron chi connectivity index (χ4n) is 2.53. The molecular formula is C14H21N5O2. The molecule has 1 N–H and O–H groups in total. The lowest BCUT2D eigenvalue weighted by Crippen LogP contribution is -2.23. The van der Waals surface area contributed by atoms with E-state index in [2.05, 4.69) is 20.6 Å². The molecule has 0 amide bonds. The maximum atomic E-state index is 5.87. The van der Waals surface area contributed by atoms with Gasteiger partial charge in [0.25, 0.3) is 0 Å². The van der Waals surface area contributed by atoms with E-state index in [1.807, 2.05) is 38.7 Å². The van der Waals surface area contributed by atoms with Gasteiger partial charge in [-0.3, -0.25) is 4.68 Å². The van der Waals surface area contributed by atoms with Crippen molar-refractivity contribution in [2.24, 2.45) is 7.05 Å². The smallest absolute Gasteiger partial charge is 0.321 e. The number of aromatic nitrogens is 4. The lowest BCUT2D eigenvalue weighted by Gasteiger charge is -2.18. The van der Waals surface area contributed by atoms with Crippen LogP contribution < -0.4 is 5.32 Å². The number of hydrogen-bond donors (Lipinski definition) is 1. The minimum atomic E-state index is -0.0342. The number of nitrogens with one attached hydrogen (secondary N) is 1. The summed E-state index contributed by atoms with van der Waals surface area (Å²) in [4.78, 5) is 4.36. The van der Waals surface area contributed by atoms with E-state index in [1.54, 1.807) is 0 Å². The van der Waals surface area contributed by atoms with Gasteiger partial charge in [0.2, 0.25) is 0 Å². The predicted octanol–water partition coefficient (Wildman–Crippen LogP) is 2.18. The zero-order valence-corrected chi connectivity index (χ0v) is 12.8. The molecule has 1 fully saturated rings. The maximum Gasteiger partial charge on any atom is 0.321 e. The molecule has 1 saturated heterocycles. The topological polar surface area (TPSA) is 78.0 Å². The standard InChI is InChI=1S/C14H21N5O2/c1-8(2)13-17-14(21-18-13)16-11-5-6-20-12(11)10-7-15-19(4)9(10)3/h7-8,11-12H,5-6H2,1-4H3,(H,16,17,18)/t11-,12+/m0/s1. The van der Waals surface area contributed by atoms with E-state index >= 15 is 0 Å². The van der Waals surface area contributed by atoms with Gasteiger partial charge in [0.05, 0.1) is 12.2 Å². The number of nitrogens with zero attached hydrogens (tertiary/aromatic N) is 4. The number of hydrogen-bond acceptors (Lipinski definition) is 6. The fourth-order valence-corrected chi connectivity index (χ4v) is 2.53. The number of aryl methyl sites for hydroxylation is 1. The fraction of sp³-hybridized carbons (Fsp3) is 0.643. The molecule has 0 aliphatic carbocycles. The number of anilines is 1. The molecule has 0 radical (unpaired) electrons. The van der Waals surface area contributed by atoms with Crippen molar-refractivity contribution in [1.29, 1.82) is 0 Å². The molecule has 3 rings (SSSR count). The summed E-state index contributed by atoms with van der Waals surface area (Å²) in [5, 5.41) is 11.6. The summed E-state index contributed by atoms with van der Waals surface area (Å²) in [5.74, 6) is 0.964. The van der Waals surface area contributed by atoms with Crippen LogP contribution in [0.1, 0.15) is 49.4 Å². The van der Waals surface area contributed by atoms with Crippen LogP contribution in [0.3, 0.4) is 0 Å². The number of rotatable bonds is 4. The third kappa shape index (κ3) is 2.65. The summed E-state index contributed by atoms with van der Waals surface area (Å²) in [6, 6.07) is 0.578. The van der Waals surface area contributed by atoms with Crippen LogP contribution in [-0.4, -0.2) is 32.6 Å². The van der Waals surface area contributed by atoms with E-state index < -0.39 is 0 Å². The van der Waals surface area contributed by atoms with Crippen molar-refractivity contribution in [3.63, 3.8) is 0 Å². The normalized spacial score (nSPS) is 22.1. The predicted molar refractivity (Wildman–Crippen MR) is 77.1 cm³/mol. The Morgan fingerprint density at radius 3 is 2.86 bits per heavy atom. The van der Waals surface area contributed by atoms with E-state index in [0.717, 1.165) is 17.7 Å². The Balaban J connectivity index is 1.76. The molecule has 0 bridgehead atoms. The first-order valence-electron chi connectivity index (χ1n) is 7.26. The van der Waals surface area contributed by atoms with Crippen LogP contribution >= 0.6 is 0 Å². The van der Waals surface area contributed by atoms with Crippen LogP contribution in [0.4, 0.5) is 6.01 Å². The minimum absolute atomic E-state index is 0.0342. The zero-order valence-electron chi connectivity index (χ0n) is 12.8. The van der Waals surface area contributed by atoms with Crippen molar-refractivity contribution >= 4 is 6.01 Å². The summed E-state index contributed by atoms with van der Waals surface area (Å²) in [5.41, 5.74) is 2.22. The summed E-state index contributed by atoms with van der Waals surface area (Å²) >= 11 is 0. The average Bonchev–Trinajstić information content (AvgIpc) is 3.14. The van der Waals surface area contributed by atoms with E-state index in [-0.39, 0.29) is 18.1 Å². The first-order chi connectivity index (χ1) is 10.1. The van der Waals surface area contributed by atoms with E-state index in [9.17, 15) is 0 Å². The Bertz CT molecular complexity index is 619. The second-order valence-electron chi connectivity index (χ2n) is 5.75. The molecular weight excluding hydrogens is 270 g/mol. The van der Waals surface area contributed by atoms with Crippen molar-refractivity contribution in [3.05, 3.63) is 23.3 Å². The van der Waals surface area contributed by atoms with Gasteiger partial charge in [-0.15, -0.1) is 0 Å². The molecule has 2 aromatic rings. The van der Waals surface area contributed by atoms with Crippen LogP contribution in [0.5, 0.6) is 0 Å². The molecule has 0 unspecified atom stereocenters. The molecule has 0 spiro atoms. The van der Waals surface area contributed by atoms with Crippen molar-refractivity contribution in [2.75, 3.05) is 11.9 Å². The first-order valence-corrected chi connectivity index (χ1v) is 7.26. The second-order valence-corrected chi connectivity index (χ2v) is 5.75. The Labute approximate surface area is 123 Å². The van der Waals surface area contributed by atoms with Crippen molar-refractivity contribution < 1.29 is 9.26 Å². The Hall–Kier alpha value is -1.89. The monoisotopic (exact) mass is 291 g/mol. The lowest BCUT2D eigenvalue weighted by molar-refractivity contribution is 0.106. The number of ether oxygens (including phenoxy) is 1. The van der Waals surface area contributed by atoms with Crippen molar-refractivity contribution in [3.8, 4) is 0 Å². The van der Waals surface area contributed by atoms with Gasteiger partial charge in [-0.05, 0) is 13.3 Å². The average molecular weight is 291 g/mol. The highest BCUT2D eigenvalue weighted by Crippen LogP contribution is 2.32. The Morgan fingerprint density at radius 1 is 1.43 bits per heavy atom. The van der Waals surface area contributed by atoms with Gasteiger partial charge in [-0.25, -0.2) is 0 Å². The van der Waals surface area contributed by atoms with Crippen LogP contribution in [0, 0.1) is 6.92 Å². The van der Waals surface area contributed by atoms with Crippen LogP contribution in [0.2, 0.25) is 0 Å². The molecule has 2 atom stereocenters. The third-order valence-electron chi connectivity index (χ3n) is 3.94. The quantitative estimate of drug-likeness (QED) is 0.930. The van der Waals surface area contributed by atoms with E-state index in [0.29, 0.717) is 18.4 Å². The molecule has 2 aromatic heterocycles. The molecule has 3 heterocycles. The molecule has 0 saturated carbocycles. The van der Waals surface area contributed by atoms with Crippen LogP contribution in [-0.2, 0) is 11.8 Å². The highest BCUT2D eigenvalue weighted by atomic mass is 16.5. The van der Waals surface area contributed by atoms with Gasteiger partial charge in [-0.1, -0.05) is 19.0 Å². The molecule has 21 heavy (non-hydrogen) atoms. The van der Waals surface area contributed by atoms with E-state index in [4.69, 9.17) is 9.26 Å². The van der Waals surface area contributed by atoms with Gasteiger partial charge < -0.3 is 14.6 Å². The maximum absolute atomic E-state index is 5.87.